The maximum absolute atomic E-state index is 14.0. The molecule has 0 fully saturated rings. The van der Waals surface area contributed by atoms with Gasteiger partial charge in [-0.1, -0.05) is 23.2 Å². The predicted molar refractivity (Wildman–Crippen MR) is 76.5 cm³/mol. The largest absolute Gasteiger partial charge is 0.255 e. The molecule has 0 unspecified atom stereocenters. The molecule has 0 aliphatic heterocycles. The zero-order chi connectivity index (χ0) is 15.2. The Morgan fingerprint density at radius 3 is 2.40 bits per heavy atom. The van der Waals surface area contributed by atoms with Crippen molar-refractivity contribution in [2.45, 2.75) is 11.9 Å². The molecule has 0 aliphatic rings. The van der Waals surface area contributed by atoms with Crippen molar-refractivity contribution in [1.82, 2.24) is 9.78 Å². The van der Waals surface area contributed by atoms with Crippen LogP contribution in [0.25, 0.3) is 11.3 Å². The SMILES string of the molecule is Cc1cc(-c2nn(C)c(S(C)(=O)=O)c2Cl)c(F)cc1Cl. The summed E-state index contributed by atoms with van der Waals surface area (Å²) < 4.78 is 38.4. The van der Waals surface area contributed by atoms with E-state index in [1.165, 1.54) is 13.1 Å². The van der Waals surface area contributed by atoms with Gasteiger partial charge in [-0.25, -0.2) is 12.8 Å². The van der Waals surface area contributed by atoms with Crippen LogP contribution in [-0.2, 0) is 16.9 Å². The van der Waals surface area contributed by atoms with E-state index in [1.807, 2.05) is 0 Å². The topological polar surface area (TPSA) is 52.0 Å². The summed E-state index contributed by atoms with van der Waals surface area (Å²) in [6.07, 6.45) is 1.02. The maximum Gasteiger partial charge on any atom is 0.193 e. The molecule has 4 nitrogen and oxygen atoms in total. The molecule has 20 heavy (non-hydrogen) atoms. The van der Waals surface area contributed by atoms with Crippen LogP contribution in [0.1, 0.15) is 5.56 Å². The minimum absolute atomic E-state index is 0.0758. The van der Waals surface area contributed by atoms with Gasteiger partial charge < -0.3 is 0 Å². The van der Waals surface area contributed by atoms with E-state index in [1.54, 1.807) is 6.92 Å². The summed E-state index contributed by atoms with van der Waals surface area (Å²) in [5.74, 6) is -0.611. The predicted octanol–water partition coefficient (Wildman–Crippen LogP) is 3.24. The van der Waals surface area contributed by atoms with E-state index in [0.717, 1.165) is 17.0 Å². The summed E-state index contributed by atoms with van der Waals surface area (Å²) in [6.45, 7) is 1.71. The van der Waals surface area contributed by atoms with E-state index < -0.39 is 15.7 Å². The first-order chi connectivity index (χ1) is 9.12. The standard InChI is InChI=1S/C12H11Cl2FN2O2S/c1-6-4-7(9(15)5-8(6)13)11-10(14)12(17(2)16-11)20(3,18)19/h4-5H,1-3H3. The molecule has 0 bridgehead atoms. The second kappa shape index (κ2) is 5.02. The average Bonchev–Trinajstić information content (AvgIpc) is 2.58. The highest BCUT2D eigenvalue weighted by Gasteiger charge is 2.25. The zero-order valence-corrected chi connectivity index (χ0v) is 13.2. The van der Waals surface area contributed by atoms with Crippen molar-refractivity contribution < 1.29 is 12.8 Å². The van der Waals surface area contributed by atoms with Gasteiger partial charge in [0, 0.05) is 23.9 Å². The number of sulfone groups is 1. The van der Waals surface area contributed by atoms with Crippen molar-refractivity contribution in [2.75, 3.05) is 6.26 Å². The lowest BCUT2D eigenvalue weighted by Gasteiger charge is -2.04. The number of benzene rings is 1. The Bertz CT molecular complexity index is 800. The Balaban J connectivity index is 2.76. The molecule has 2 aromatic rings. The molecule has 0 amide bonds. The highest BCUT2D eigenvalue weighted by atomic mass is 35.5. The van der Waals surface area contributed by atoms with E-state index in [-0.39, 0.29) is 26.3 Å². The lowest BCUT2D eigenvalue weighted by atomic mass is 10.1. The number of nitrogens with zero attached hydrogens (tertiary/aromatic N) is 2. The Kier molecular flexibility index (Phi) is 3.83. The zero-order valence-electron chi connectivity index (χ0n) is 10.9. The third kappa shape index (κ3) is 2.55. The normalized spacial score (nSPS) is 11.9. The number of aryl methyl sites for hydroxylation is 2. The second-order valence-electron chi connectivity index (χ2n) is 4.44. The lowest BCUT2D eigenvalue weighted by molar-refractivity contribution is 0.583. The molecule has 0 saturated heterocycles. The van der Waals surface area contributed by atoms with Gasteiger partial charge >= 0.3 is 0 Å². The minimum atomic E-state index is -3.56. The summed E-state index contributed by atoms with van der Waals surface area (Å²) in [7, 11) is -2.13. The van der Waals surface area contributed by atoms with Crippen molar-refractivity contribution in [1.29, 1.82) is 0 Å². The van der Waals surface area contributed by atoms with Crippen LogP contribution in [0.3, 0.4) is 0 Å². The molecule has 1 aromatic heterocycles. The molecule has 0 N–H and O–H groups in total. The lowest BCUT2D eigenvalue weighted by Crippen LogP contribution is -2.05. The molecule has 0 saturated carbocycles. The summed E-state index contributed by atoms with van der Waals surface area (Å²) in [4.78, 5) is 0. The summed E-state index contributed by atoms with van der Waals surface area (Å²) in [5.41, 5.74) is 0.833. The van der Waals surface area contributed by atoms with Crippen LogP contribution in [0.15, 0.2) is 17.2 Å². The van der Waals surface area contributed by atoms with Gasteiger partial charge in [0.2, 0.25) is 0 Å². The molecule has 8 heteroatoms. The van der Waals surface area contributed by atoms with Crippen molar-refractivity contribution in [3.63, 3.8) is 0 Å². The Morgan fingerprint density at radius 1 is 1.30 bits per heavy atom. The number of aromatic nitrogens is 2. The van der Waals surface area contributed by atoms with Gasteiger partial charge in [0.25, 0.3) is 0 Å². The van der Waals surface area contributed by atoms with E-state index in [4.69, 9.17) is 23.2 Å². The summed E-state index contributed by atoms with van der Waals surface area (Å²) in [5, 5.41) is 4.03. The van der Waals surface area contributed by atoms with Gasteiger partial charge in [0.15, 0.2) is 14.9 Å². The Labute approximate surface area is 126 Å². The average molecular weight is 337 g/mol. The molecular formula is C12H11Cl2FN2O2S. The highest BCUT2D eigenvalue weighted by Crippen LogP contribution is 2.35. The first-order valence-electron chi connectivity index (χ1n) is 5.51. The molecule has 1 aromatic carbocycles. The number of hydrogen-bond acceptors (Lipinski definition) is 3. The molecule has 0 radical (unpaired) electrons. The molecule has 2 rings (SSSR count). The number of hydrogen-bond donors (Lipinski definition) is 0. The van der Waals surface area contributed by atoms with Crippen LogP contribution < -0.4 is 0 Å². The van der Waals surface area contributed by atoms with Gasteiger partial charge in [-0.3, -0.25) is 4.68 Å². The minimum Gasteiger partial charge on any atom is -0.255 e. The molecule has 0 atom stereocenters. The van der Waals surface area contributed by atoms with E-state index in [0.29, 0.717) is 5.56 Å². The van der Waals surface area contributed by atoms with Gasteiger partial charge in [-0.2, -0.15) is 5.10 Å². The van der Waals surface area contributed by atoms with Crippen molar-refractivity contribution in [3.05, 3.63) is 33.6 Å². The summed E-state index contributed by atoms with van der Waals surface area (Å²) >= 11 is 11.9. The van der Waals surface area contributed by atoms with Crippen LogP contribution in [0.2, 0.25) is 10.0 Å². The first kappa shape index (κ1) is 15.3. The van der Waals surface area contributed by atoms with Crippen LogP contribution in [0.4, 0.5) is 4.39 Å². The van der Waals surface area contributed by atoms with Gasteiger partial charge in [-0.05, 0) is 24.6 Å². The van der Waals surface area contributed by atoms with Gasteiger partial charge in [0.1, 0.15) is 16.5 Å². The van der Waals surface area contributed by atoms with E-state index in [2.05, 4.69) is 5.10 Å². The highest BCUT2D eigenvalue weighted by molar-refractivity contribution is 7.90. The van der Waals surface area contributed by atoms with Crippen molar-refractivity contribution >= 4 is 33.0 Å². The molecule has 108 valence electrons. The third-order valence-corrected chi connectivity index (χ3v) is 4.84. The molecular weight excluding hydrogens is 326 g/mol. The van der Waals surface area contributed by atoms with Gasteiger partial charge in [-0.15, -0.1) is 0 Å². The Hall–Kier alpha value is -1.11. The fourth-order valence-electron chi connectivity index (χ4n) is 1.90. The van der Waals surface area contributed by atoms with Crippen LogP contribution in [0.5, 0.6) is 0 Å². The molecule has 0 spiro atoms. The second-order valence-corrected chi connectivity index (χ2v) is 7.16. The number of rotatable bonds is 2. The molecule has 1 heterocycles. The summed E-state index contributed by atoms with van der Waals surface area (Å²) in [6, 6.07) is 2.63. The first-order valence-corrected chi connectivity index (χ1v) is 8.16. The monoisotopic (exact) mass is 336 g/mol. The third-order valence-electron chi connectivity index (χ3n) is 2.79. The van der Waals surface area contributed by atoms with Crippen LogP contribution in [-0.4, -0.2) is 24.5 Å². The van der Waals surface area contributed by atoms with Crippen LogP contribution >= 0.6 is 23.2 Å². The number of halogens is 3. The maximum atomic E-state index is 14.0. The van der Waals surface area contributed by atoms with E-state index in [9.17, 15) is 12.8 Å². The Morgan fingerprint density at radius 2 is 1.90 bits per heavy atom. The fraction of sp³-hybridized carbons (Fsp3) is 0.250. The molecule has 0 aliphatic carbocycles. The smallest absolute Gasteiger partial charge is 0.193 e. The fourth-order valence-corrected chi connectivity index (χ4v) is 3.67. The quantitative estimate of drug-likeness (QED) is 0.845. The van der Waals surface area contributed by atoms with Gasteiger partial charge in [0.05, 0.1) is 0 Å². The van der Waals surface area contributed by atoms with Crippen molar-refractivity contribution in [3.8, 4) is 11.3 Å². The van der Waals surface area contributed by atoms with Crippen molar-refractivity contribution in [2.24, 2.45) is 7.05 Å². The van der Waals surface area contributed by atoms with Crippen LogP contribution in [0, 0.1) is 12.7 Å². The van der Waals surface area contributed by atoms with E-state index >= 15 is 0 Å².